The third kappa shape index (κ3) is 4.79. The molecule has 7 nitrogen and oxygen atoms in total. The third-order valence-electron chi connectivity index (χ3n) is 4.45. The summed E-state index contributed by atoms with van der Waals surface area (Å²) in [7, 11) is 0. The lowest BCUT2D eigenvalue weighted by atomic mass is 10.0. The molecule has 1 N–H and O–H groups in total. The number of carboxylic acids is 1. The van der Waals surface area contributed by atoms with Crippen LogP contribution in [0.5, 0.6) is 5.75 Å². The summed E-state index contributed by atoms with van der Waals surface area (Å²) in [6, 6.07) is 2.43. The number of rotatable bonds is 7. The molecule has 2 aromatic rings. The Labute approximate surface area is 163 Å². The van der Waals surface area contributed by atoms with Gasteiger partial charge in [-0.1, -0.05) is 5.57 Å². The van der Waals surface area contributed by atoms with E-state index in [1.165, 1.54) is 6.92 Å². The number of hydrogen-bond acceptors (Lipinski definition) is 6. The van der Waals surface area contributed by atoms with Crippen LogP contribution < -0.4 is 20.8 Å². The smallest absolute Gasteiger partial charge is 0.340 e. The zero-order valence-corrected chi connectivity index (χ0v) is 16.7. The van der Waals surface area contributed by atoms with E-state index >= 15 is 0 Å². The Bertz CT molecular complexity index is 998. The maximum Gasteiger partial charge on any atom is 0.340 e. The van der Waals surface area contributed by atoms with Crippen LogP contribution in [0.3, 0.4) is 0 Å². The predicted octanol–water partition coefficient (Wildman–Crippen LogP) is 1.55. The lowest BCUT2D eigenvalue weighted by Crippen LogP contribution is -2.46. The Morgan fingerprint density at radius 1 is 1.25 bits per heavy atom. The summed E-state index contributed by atoms with van der Waals surface area (Å²) < 4.78 is 11.2. The summed E-state index contributed by atoms with van der Waals surface area (Å²) in [6.45, 7) is 9.19. The largest absolute Gasteiger partial charge is 0.548 e. The Hall–Kier alpha value is -3.09. The number of benzene rings is 1. The molecule has 0 bridgehead atoms. The number of carbonyl (C=O) groups excluding carboxylic acids is 2. The van der Waals surface area contributed by atoms with Crippen molar-refractivity contribution in [2.75, 3.05) is 6.61 Å². The Morgan fingerprint density at radius 2 is 1.93 bits per heavy atom. The lowest BCUT2D eigenvalue weighted by Gasteiger charge is -2.15. The standard InChI is InChI=1S/C21H25NO6/c1-11(2)8-9-27-17-7-6-15-12(3)16(21(26)28-19(15)13(17)4)10-18(23)22-14(5)20(24)25/h6-8,14H,9-10H2,1-5H3,(H,22,23)(H,24,25)/p-1/t14-/m0/s1. The molecule has 0 aliphatic heterocycles. The molecule has 0 spiro atoms. The first-order chi connectivity index (χ1) is 13.1. The molecule has 0 saturated carbocycles. The molecule has 0 fully saturated rings. The monoisotopic (exact) mass is 386 g/mol. The predicted molar refractivity (Wildman–Crippen MR) is 103 cm³/mol. The molecular weight excluding hydrogens is 362 g/mol. The minimum atomic E-state index is -1.40. The maximum atomic E-state index is 12.5. The molecule has 1 aromatic heterocycles. The van der Waals surface area contributed by atoms with Crippen LogP contribution in [0.25, 0.3) is 11.0 Å². The summed E-state index contributed by atoms with van der Waals surface area (Å²) >= 11 is 0. The van der Waals surface area contributed by atoms with Crippen molar-refractivity contribution in [3.8, 4) is 5.75 Å². The molecule has 1 amide bonds. The van der Waals surface area contributed by atoms with Gasteiger partial charge in [-0.2, -0.15) is 0 Å². The Kier molecular flexibility index (Phi) is 6.62. The van der Waals surface area contributed by atoms with Gasteiger partial charge in [-0.15, -0.1) is 0 Å². The van der Waals surface area contributed by atoms with Gasteiger partial charge in [-0.25, -0.2) is 4.79 Å². The SMILES string of the molecule is CC(C)=CCOc1ccc2c(C)c(CC(=O)N[C@@H](C)C(=O)[O-])c(=O)oc2c1C. The van der Waals surface area contributed by atoms with Crippen LogP contribution in [0.4, 0.5) is 0 Å². The number of aliphatic carboxylic acids is 1. The van der Waals surface area contributed by atoms with E-state index in [-0.39, 0.29) is 12.0 Å². The van der Waals surface area contributed by atoms with E-state index in [9.17, 15) is 19.5 Å². The summed E-state index contributed by atoms with van der Waals surface area (Å²) in [5.41, 5.74) is 2.41. The van der Waals surface area contributed by atoms with E-state index in [1.807, 2.05) is 19.9 Å². The van der Waals surface area contributed by atoms with E-state index in [4.69, 9.17) is 9.15 Å². The fourth-order valence-corrected chi connectivity index (χ4v) is 2.74. The first-order valence-electron chi connectivity index (χ1n) is 8.94. The number of carbonyl (C=O) groups is 2. The molecule has 28 heavy (non-hydrogen) atoms. The quantitative estimate of drug-likeness (QED) is 0.571. The van der Waals surface area contributed by atoms with Crippen molar-refractivity contribution in [1.82, 2.24) is 5.32 Å². The zero-order valence-electron chi connectivity index (χ0n) is 16.7. The van der Waals surface area contributed by atoms with Crippen molar-refractivity contribution in [3.63, 3.8) is 0 Å². The van der Waals surface area contributed by atoms with Crippen molar-refractivity contribution in [1.29, 1.82) is 0 Å². The number of ether oxygens (including phenoxy) is 1. The van der Waals surface area contributed by atoms with Gasteiger partial charge in [0, 0.05) is 10.9 Å². The normalized spacial score (nSPS) is 11.8. The number of nitrogens with one attached hydrogen (secondary N) is 1. The lowest BCUT2D eigenvalue weighted by molar-refractivity contribution is -0.307. The number of aryl methyl sites for hydroxylation is 2. The third-order valence-corrected chi connectivity index (χ3v) is 4.45. The van der Waals surface area contributed by atoms with E-state index in [2.05, 4.69) is 5.32 Å². The fraction of sp³-hybridized carbons (Fsp3) is 0.381. The van der Waals surface area contributed by atoms with Gasteiger partial charge in [0.2, 0.25) is 5.91 Å². The van der Waals surface area contributed by atoms with Gasteiger partial charge in [0.1, 0.15) is 17.9 Å². The van der Waals surface area contributed by atoms with Crippen LogP contribution in [0.2, 0.25) is 0 Å². The number of allylic oxidation sites excluding steroid dienone is 1. The molecule has 0 aliphatic carbocycles. The molecule has 0 saturated heterocycles. The second-order valence-electron chi connectivity index (χ2n) is 6.94. The minimum Gasteiger partial charge on any atom is -0.548 e. The molecular formula is C21H24NO6-. The molecule has 0 radical (unpaired) electrons. The number of carboxylic acid groups (broad SMARTS) is 1. The first kappa shape index (κ1) is 21.2. The van der Waals surface area contributed by atoms with Gasteiger partial charge in [0.25, 0.3) is 0 Å². The van der Waals surface area contributed by atoms with Crippen molar-refractivity contribution in [2.45, 2.75) is 47.1 Å². The van der Waals surface area contributed by atoms with Gasteiger partial charge < -0.3 is 24.4 Å². The molecule has 0 aliphatic rings. The second-order valence-corrected chi connectivity index (χ2v) is 6.94. The van der Waals surface area contributed by atoms with Crippen LogP contribution in [0.1, 0.15) is 37.5 Å². The van der Waals surface area contributed by atoms with Crippen LogP contribution in [0.15, 0.2) is 33.0 Å². The van der Waals surface area contributed by atoms with E-state index in [1.54, 1.807) is 26.0 Å². The molecule has 7 heteroatoms. The van der Waals surface area contributed by atoms with Gasteiger partial charge >= 0.3 is 5.63 Å². The summed E-state index contributed by atoms with van der Waals surface area (Å²) in [6.07, 6.45) is 1.67. The highest BCUT2D eigenvalue weighted by Crippen LogP contribution is 2.29. The molecule has 0 unspecified atom stereocenters. The van der Waals surface area contributed by atoms with Gasteiger partial charge in [0.15, 0.2) is 0 Å². The van der Waals surface area contributed by atoms with Gasteiger partial charge in [-0.05, 0) is 58.4 Å². The van der Waals surface area contributed by atoms with Crippen LogP contribution in [0, 0.1) is 13.8 Å². The van der Waals surface area contributed by atoms with Crippen molar-refractivity contribution >= 4 is 22.8 Å². The molecule has 1 atom stereocenters. The number of fused-ring (bicyclic) bond motifs is 1. The van der Waals surface area contributed by atoms with Crippen LogP contribution >= 0.6 is 0 Å². The summed E-state index contributed by atoms with van der Waals surface area (Å²) in [4.78, 5) is 35.3. The average Bonchev–Trinajstić information content (AvgIpc) is 2.60. The van der Waals surface area contributed by atoms with Crippen molar-refractivity contribution in [3.05, 3.63) is 50.9 Å². The van der Waals surface area contributed by atoms with E-state index < -0.39 is 23.5 Å². The highest BCUT2D eigenvalue weighted by Gasteiger charge is 2.18. The maximum absolute atomic E-state index is 12.5. The van der Waals surface area contributed by atoms with E-state index in [0.29, 0.717) is 34.5 Å². The summed E-state index contributed by atoms with van der Waals surface area (Å²) in [5.74, 6) is -1.38. The van der Waals surface area contributed by atoms with E-state index in [0.717, 1.165) is 5.57 Å². The van der Waals surface area contributed by atoms with Crippen molar-refractivity contribution in [2.24, 2.45) is 0 Å². The fourth-order valence-electron chi connectivity index (χ4n) is 2.74. The molecule has 1 aromatic carbocycles. The molecule has 150 valence electrons. The minimum absolute atomic E-state index is 0.188. The van der Waals surface area contributed by atoms with Crippen molar-refractivity contribution < 1.29 is 23.8 Å². The zero-order chi connectivity index (χ0) is 21.0. The van der Waals surface area contributed by atoms with Crippen LogP contribution in [-0.4, -0.2) is 24.5 Å². The van der Waals surface area contributed by atoms with Crippen LogP contribution in [-0.2, 0) is 16.0 Å². The highest BCUT2D eigenvalue weighted by molar-refractivity contribution is 5.88. The van der Waals surface area contributed by atoms with Gasteiger partial charge in [-0.3, -0.25) is 4.79 Å². The molecule has 2 rings (SSSR count). The molecule has 1 heterocycles. The topological polar surface area (TPSA) is 109 Å². The second kappa shape index (κ2) is 8.73. The van der Waals surface area contributed by atoms with Gasteiger partial charge in [0.05, 0.1) is 24.0 Å². The Morgan fingerprint density at radius 3 is 2.54 bits per heavy atom. The summed E-state index contributed by atoms with van der Waals surface area (Å²) in [5, 5.41) is 13.7. The number of amides is 1. The number of hydrogen-bond donors (Lipinski definition) is 1. The first-order valence-corrected chi connectivity index (χ1v) is 8.94. The highest BCUT2D eigenvalue weighted by atomic mass is 16.5. The Balaban J connectivity index is 2.36. The average molecular weight is 386 g/mol.